The molecule has 4 nitrogen and oxygen atoms in total. The average molecular weight is 339 g/mol. The van der Waals surface area contributed by atoms with E-state index in [1.165, 1.54) is 5.56 Å². The number of rotatable bonds is 4. The first-order valence-electron chi connectivity index (χ1n) is 8.71. The van der Waals surface area contributed by atoms with Gasteiger partial charge in [0.05, 0.1) is 6.10 Å². The second-order valence-electron chi connectivity index (χ2n) is 7.18. The second kappa shape index (κ2) is 6.89. The lowest BCUT2D eigenvalue weighted by molar-refractivity contribution is -0.0549. The minimum absolute atomic E-state index is 0.0872. The molecule has 0 saturated heterocycles. The van der Waals surface area contributed by atoms with E-state index in [0.29, 0.717) is 12.1 Å². The molecule has 0 spiro atoms. The minimum Gasteiger partial charge on any atom is -0.485 e. The van der Waals surface area contributed by atoms with Crippen molar-refractivity contribution in [2.75, 3.05) is 6.54 Å². The summed E-state index contributed by atoms with van der Waals surface area (Å²) in [7, 11) is 0. The molecular weight excluding hydrogens is 314 g/mol. The Morgan fingerprint density at radius 1 is 1.20 bits per heavy atom. The molecule has 2 aromatic carbocycles. The van der Waals surface area contributed by atoms with Gasteiger partial charge in [-0.25, -0.2) is 0 Å². The van der Waals surface area contributed by atoms with Gasteiger partial charge in [-0.05, 0) is 44.0 Å². The quantitative estimate of drug-likeness (QED) is 0.899. The Bertz CT molecular complexity index is 755. The van der Waals surface area contributed by atoms with Gasteiger partial charge in [-0.3, -0.25) is 4.79 Å². The number of amides is 1. The van der Waals surface area contributed by atoms with Gasteiger partial charge in [-0.15, -0.1) is 0 Å². The monoisotopic (exact) mass is 339 g/mol. The zero-order valence-corrected chi connectivity index (χ0v) is 15.0. The number of nitrogens with one attached hydrogen (secondary N) is 1. The molecule has 1 aliphatic heterocycles. The number of benzene rings is 2. The second-order valence-corrected chi connectivity index (χ2v) is 7.18. The molecule has 0 unspecified atom stereocenters. The number of hydrogen-bond acceptors (Lipinski definition) is 3. The lowest BCUT2D eigenvalue weighted by atomic mass is 9.82. The molecule has 1 amide bonds. The predicted octanol–water partition coefficient (Wildman–Crippen LogP) is 3.29. The van der Waals surface area contributed by atoms with Crippen molar-refractivity contribution in [2.45, 2.75) is 44.8 Å². The summed E-state index contributed by atoms with van der Waals surface area (Å²) in [5, 5.41) is 13.4. The Balaban J connectivity index is 1.68. The van der Waals surface area contributed by atoms with E-state index in [9.17, 15) is 9.90 Å². The van der Waals surface area contributed by atoms with Gasteiger partial charge >= 0.3 is 0 Å². The number of aliphatic hydroxyl groups excluding tert-OH is 1. The van der Waals surface area contributed by atoms with Crippen LogP contribution < -0.4 is 10.1 Å². The molecule has 2 atom stereocenters. The molecule has 0 aliphatic carbocycles. The lowest BCUT2D eigenvalue weighted by Crippen LogP contribution is -2.48. The van der Waals surface area contributed by atoms with Crippen molar-refractivity contribution < 1.29 is 14.6 Å². The topological polar surface area (TPSA) is 58.6 Å². The SMILES string of the molecule is C[C@@H]1c2cc(C(=O)NCCc3ccccc3)ccc2OC(C)(C)[C@H]1O. The first kappa shape index (κ1) is 17.5. The summed E-state index contributed by atoms with van der Waals surface area (Å²) in [5.41, 5.74) is 2.03. The highest BCUT2D eigenvalue weighted by Crippen LogP contribution is 2.41. The molecule has 4 heteroatoms. The molecule has 0 aromatic heterocycles. The van der Waals surface area contributed by atoms with E-state index < -0.39 is 11.7 Å². The predicted molar refractivity (Wildman–Crippen MR) is 98.1 cm³/mol. The van der Waals surface area contributed by atoms with E-state index in [4.69, 9.17) is 4.74 Å². The standard InChI is InChI=1S/C21H25NO3/c1-14-17-13-16(9-10-18(17)25-21(2,3)19(14)23)20(24)22-12-11-15-7-5-4-6-8-15/h4-10,13-14,19,23H,11-12H2,1-3H3,(H,22,24)/t14-,19+/m1/s1. The Kier molecular flexibility index (Phi) is 4.82. The molecule has 2 aromatic rings. The van der Waals surface area contributed by atoms with Crippen molar-refractivity contribution in [3.63, 3.8) is 0 Å². The highest BCUT2D eigenvalue weighted by molar-refractivity contribution is 5.94. The number of fused-ring (bicyclic) bond motifs is 1. The average Bonchev–Trinajstić information content (AvgIpc) is 2.60. The van der Waals surface area contributed by atoms with Gasteiger partial charge < -0.3 is 15.2 Å². The molecule has 3 rings (SSSR count). The summed E-state index contributed by atoms with van der Waals surface area (Å²) in [6.07, 6.45) is 0.181. The van der Waals surface area contributed by atoms with Crippen molar-refractivity contribution in [3.05, 3.63) is 65.2 Å². The molecule has 0 saturated carbocycles. The van der Waals surface area contributed by atoms with Crippen molar-refractivity contribution in [3.8, 4) is 5.75 Å². The van der Waals surface area contributed by atoms with Crippen LogP contribution in [-0.2, 0) is 6.42 Å². The van der Waals surface area contributed by atoms with Crippen LogP contribution >= 0.6 is 0 Å². The first-order valence-corrected chi connectivity index (χ1v) is 8.71. The van der Waals surface area contributed by atoms with Gasteiger partial charge in [0, 0.05) is 23.6 Å². The van der Waals surface area contributed by atoms with Gasteiger partial charge in [-0.1, -0.05) is 37.3 Å². The summed E-state index contributed by atoms with van der Waals surface area (Å²) in [5.74, 6) is 0.546. The largest absolute Gasteiger partial charge is 0.485 e. The molecule has 0 bridgehead atoms. The zero-order valence-electron chi connectivity index (χ0n) is 15.0. The van der Waals surface area contributed by atoms with Crippen molar-refractivity contribution >= 4 is 5.91 Å². The third kappa shape index (κ3) is 3.69. The van der Waals surface area contributed by atoms with Crippen LogP contribution in [0.25, 0.3) is 0 Å². The zero-order chi connectivity index (χ0) is 18.0. The fourth-order valence-electron chi connectivity index (χ4n) is 3.32. The Hall–Kier alpha value is -2.33. The van der Waals surface area contributed by atoms with Crippen LogP contribution in [0.1, 0.15) is 48.2 Å². The summed E-state index contributed by atoms with van der Waals surface area (Å²) < 4.78 is 5.89. The highest BCUT2D eigenvalue weighted by Gasteiger charge is 2.40. The van der Waals surface area contributed by atoms with E-state index in [1.54, 1.807) is 6.07 Å². The molecule has 1 aliphatic rings. The number of aliphatic hydroxyl groups is 1. The van der Waals surface area contributed by atoms with Gasteiger partial charge in [-0.2, -0.15) is 0 Å². The van der Waals surface area contributed by atoms with Crippen LogP contribution in [0.3, 0.4) is 0 Å². The van der Waals surface area contributed by atoms with E-state index in [0.717, 1.165) is 17.7 Å². The van der Waals surface area contributed by atoms with Gasteiger partial charge in [0.2, 0.25) is 0 Å². The molecule has 25 heavy (non-hydrogen) atoms. The van der Waals surface area contributed by atoms with Crippen LogP contribution in [0.4, 0.5) is 0 Å². The fraction of sp³-hybridized carbons (Fsp3) is 0.381. The molecule has 2 N–H and O–H groups in total. The molecule has 132 valence electrons. The smallest absolute Gasteiger partial charge is 0.251 e. The normalized spacial score (nSPS) is 21.1. The van der Waals surface area contributed by atoms with E-state index in [-0.39, 0.29) is 11.8 Å². The van der Waals surface area contributed by atoms with Crippen molar-refractivity contribution in [1.29, 1.82) is 0 Å². The fourth-order valence-corrected chi connectivity index (χ4v) is 3.32. The minimum atomic E-state index is -0.633. The van der Waals surface area contributed by atoms with Crippen LogP contribution in [-0.4, -0.2) is 29.3 Å². The van der Waals surface area contributed by atoms with E-state index in [2.05, 4.69) is 5.32 Å². The van der Waals surface area contributed by atoms with E-state index >= 15 is 0 Å². The molecular formula is C21H25NO3. The lowest BCUT2D eigenvalue weighted by Gasteiger charge is -2.41. The van der Waals surface area contributed by atoms with Gasteiger partial charge in [0.15, 0.2) is 0 Å². The number of carbonyl (C=O) groups is 1. The van der Waals surface area contributed by atoms with Gasteiger partial charge in [0.25, 0.3) is 5.91 Å². The first-order chi connectivity index (χ1) is 11.9. The van der Waals surface area contributed by atoms with Crippen molar-refractivity contribution in [1.82, 2.24) is 5.32 Å². The van der Waals surface area contributed by atoms with Crippen molar-refractivity contribution in [2.24, 2.45) is 0 Å². The third-order valence-corrected chi connectivity index (χ3v) is 4.86. The maximum absolute atomic E-state index is 12.4. The van der Waals surface area contributed by atoms with E-state index in [1.807, 2.05) is 63.2 Å². The summed E-state index contributed by atoms with van der Waals surface area (Å²) in [6.45, 7) is 6.30. The summed E-state index contributed by atoms with van der Waals surface area (Å²) >= 11 is 0. The number of ether oxygens (including phenoxy) is 1. The van der Waals surface area contributed by atoms with Gasteiger partial charge in [0.1, 0.15) is 11.4 Å². The van der Waals surface area contributed by atoms with Crippen LogP contribution in [0.5, 0.6) is 5.75 Å². The third-order valence-electron chi connectivity index (χ3n) is 4.86. The maximum Gasteiger partial charge on any atom is 0.251 e. The molecule has 0 fully saturated rings. The Morgan fingerprint density at radius 2 is 1.92 bits per heavy atom. The van der Waals surface area contributed by atoms with Crippen LogP contribution in [0, 0.1) is 0 Å². The van der Waals surface area contributed by atoms with Crippen LogP contribution in [0.15, 0.2) is 48.5 Å². The number of hydrogen-bond donors (Lipinski definition) is 2. The Labute approximate surface area is 148 Å². The highest BCUT2D eigenvalue weighted by atomic mass is 16.5. The maximum atomic E-state index is 12.4. The summed E-state index contributed by atoms with van der Waals surface area (Å²) in [6, 6.07) is 15.5. The number of carbonyl (C=O) groups excluding carboxylic acids is 1. The molecule has 1 heterocycles. The molecule has 0 radical (unpaired) electrons. The Morgan fingerprint density at radius 3 is 2.64 bits per heavy atom. The summed E-state index contributed by atoms with van der Waals surface area (Å²) in [4.78, 5) is 12.4. The van der Waals surface area contributed by atoms with Crippen LogP contribution in [0.2, 0.25) is 0 Å².